The second-order valence-electron chi connectivity index (χ2n) is 6.27. The van der Waals surface area contributed by atoms with Gasteiger partial charge in [-0.15, -0.1) is 0 Å². The zero-order valence-electron chi connectivity index (χ0n) is 16.9. The summed E-state index contributed by atoms with van der Waals surface area (Å²) in [6.07, 6.45) is 0. The highest BCUT2D eigenvalue weighted by Gasteiger charge is 2.11. The van der Waals surface area contributed by atoms with Gasteiger partial charge in [-0.3, -0.25) is 4.79 Å². The van der Waals surface area contributed by atoms with E-state index in [1.54, 1.807) is 26.4 Å². The smallest absolute Gasteiger partial charge is 0.248 e. The SMILES string of the molecule is CCNC(=NCc1ccc(C(N)=O)cc1)N(C)Cc1ccc(OC)cc1OC. The van der Waals surface area contributed by atoms with Crippen molar-refractivity contribution in [3.05, 3.63) is 59.2 Å². The summed E-state index contributed by atoms with van der Waals surface area (Å²) in [5.74, 6) is 1.86. The minimum absolute atomic E-state index is 0.434. The molecular formula is C21H28N4O3. The van der Waals surface area contributed by atoms with Gasteiger partial charge in [0.1, 0.15) is 11.5 Å². The molecule has 0 aromatic heterocycles. The van der Waals surface area contributed by atoms with Gasteiger partial charge in [0.15, 0.2) is 5.96 Å². The van der Waals surface area contributed by atoms with Gasteiger partial charge in [0.05, 0.1) is 20.8 Å². The van der Waals surface area contributed by atoms with Crippen molar-refractivity contribution in [2.24, 2.45) is 10.7 Å². The van der Waals surface area contributed by atoms with Crippen LogP contribution in [0.3, 0.4) is 0 Å². The molecule has 0 aliphatic heterocycles. The maximum atomic E-state index is 11.2. The summed E-state index contributed by atoms with van der Waals surface area (Å²) in [4.78, 5) is 17.9. The lowest BCUT2D eigenvalue weighted by atomic mass is 10.1. The molecule has 7 heteroatoms. The molecule has 1 amide bonds. The first kappa shape index (κ1) is 21.1. The van der Waals surface area contributed by atoms with Gasteiger partial charge >= 0.3 is 0 Å². The van der Waals surface area contributed by atoms with Crippen molar-refractivity contribution in [3.63, 3.8) is 0 Å². The van der Waals surface area contributed by atoms with Crippen LogP contribution in [0.15, 0.2) is 47.5 Å². The molecule has 0 saturated heterocycles. The first-order valence-corrected chi connectivity index (χ1v) is 9.07. The number of rotatable bonds is 8. The first-order chi connectivity index (χ1) is 13.5. The molecule has 0 aliphatic carbocycles. The Morgan fingerprint density at radius 1 is 1.14 bits per heavy atom. The number of amides is 1. The molecule has 0 radical (unpaired) electrons. The van der Waals surface area contributed by atoms with Gasteiger partial charge in [-0.2, -0.15) is 0 Å². The third kappa shape index (κ3) is 5.64. The standard InChI is InChI=1S/C21H28N4O3/c1-5-23-21(24-13-15-6-8-16(9-7-15)20(22)26)25(2)14-17-10-11-18(27-3)12-19(17)28-4/h6-12H,5,13-14H2,1-4H3,(H2,22,26)(H,23,24). The van der Waals surface area contributed by atoms with Gasteiger partial charge in [-0.05, 0) is 36.8 Å². The number of hydrogen-bond donors (Lipinski definition) is 2. The topological polar surface area (TPSA) is 89.2 Å². The lowest BCUT2D eigenvalue weighted by Gasteiger charge is -2.23. The van der Waals surface area contributed by atoms with Crippen LogP contribution in [-0.2, 0) is 13.1 Å². The van der Waals surface area contributed by atoms with Gasteiger partial charge < -0.3 is 25.4 Å². The van der Waals surface area contributed by atoms with Gasteiger partial charge in [-0.1, -0.05) is 12.1 Å². The zero-order valence-corrected chi connectivity index (χ0v) is 16.9. The van der Waals surface area contributed by atoms with E-state index < -0.39 is 5.91 Å². The Bertz CT molecular complexity index is 819. The second kappa shape index (κ2) is 10.2. The van der Waals surface area contributed by atoms with Crippen molar-refractivity contribution in [3.8, 4) is 11.5 Å². The van der Waals surface area contributed by atoms with E-state index in [-0.39, 0.29) is 0 Å². The van der Waals surface area contributed by atoms with E-state index in [0.717, 1.165) is 35.1 Å². The van der Waals surface area contributed by atoms with Gasteiger partial charge in [0.25, 0.3) is 0 Å². The number of methoxy groups -OCH3 is 2. The lowest BCUT2D eigenvalue weighted by Crippen LogP contribution is -2.38. The minimum atomic E-state index is -0.434. The van der Waals surface area contributed by atoms with E-state index in [1.165, 1.54) is 0 Å². The van der Waals surface area contributed by atoms with Crippen molar-refractivity contribution in [2.45, 2.75) is 20.0 Å². The fourth-order valence-electron chi connectivity index (χ4n) is 2.72. The van der Waals surface area contributed by atoms with E-state index in [4.69, 9.17) is 20.2 Å². The number of nitrogens with two attached hydrogens (primary N) is 1. The Morgan fingerprint density at radius 2 is 1.86 bits per heavy atom. The van der Waals surface area contributed by atoms with Crippen molar-refractivity contribution < 1.29 is 14.3 Å². The quantitative estimate of drug-likeness (QED) is 0.539. The maximum absolute atomic E-state index is 11.2. The predicted molar refractivity (Wildman–Crippen MR) is 111 cm³/mol. The molecule has 0 aliphatic rings. The molecule has 7 nitrogen and oxygen atoms in total. The summed E-state index contributed by atoms with van der Waals surface area (Å²) < 4.78 is 10.7. The number of carbonyl (C=O) groups excluding carboxylic acids is 1. The highest BCUT2D eigenvalue weighted by molar-refractivity contribution is 5.92. The van der Waals surface area contributed by atoms with Crippen LogP contribution in [0, 0.1) is 0 Å². The molecule has 0 spiro atoms. The molecule has 2 aromatic carbocycles. The van der Waals surface area contributed by atoms with E-state index in [2.05, 4.69) is 5.32 Å². The van der Waals surface area contributed by atoms with Crippen molar-refractivity contribution >= 4 is 11.9 Å². The number of primary amides is 1. The zero-order chi connectivity index (χ0) is 20.5. The van der Waals surface area contributed by atoms with E-state index >= 15 is 0 Å². The van der Waals surface area contributed by atoms with Crippen molar-refractivity contribution in [2.75, 3.05) is 27.8 Å². The number of benzene rings is 2. The molecule has 2 aromatic rings. The van der Waals surface area contributed by atoms with Crippen LogP contribution in [0.1, 0.15) is 28.4 Å². The summed E-state index contributed by atoms with van der Waals surface area (Å²) in [6.45, 7) is 3.90. The summed E-state index contributed by atoms with van der Waals surface area (Å²) in [5, 5.41) is 3.30. The highest BCUT2D eigenvalue weighted by Crippen LogP contribution is 2.25. The molecule has 28 heavy (non-hydrogen) atoms. The Hall–Kier alpha value is -3.22. The summed E-state index contributed by atoms with van der Waals surface area (Å²) >= 11 is 0. The number of aliphatic imine (C=N–C) groups is 1. The van der Waals surface area contributed by atoms with Crippen LogP contribution in [0.4, 0.5) is 0 Å². The molecule has 0 fully saturated rings. The summed E-state index contributed by atoms with van der Waals surface area (Å²) in [6, 6.07) is 12.9. The number of ether oxygens (including phenoxy) is 2. The molecule has 0 bridgehead atoms. The van der Waals surface area contributed by atoms with Gasteiger partial charge in [0, 0.05) is 37.3 Å². The molecule has 0 unspecified atom stereocenters. The number of guanidine groups is 1. The average molecular weight is 384 g/mol. The average Bonchev–Trinajstić information content (AvgIpc) is 2.71. The van der Waals surface area contributed by atoms with Crippen molar-refractivity contribution in [1.29, 1.82) is 0 Å². The largest absolute Gasteiger partial charge is 0.497 e. The molecule has 0 atom stereocenters. The molecule has 3 N–H and O–H groups in total. The Kier molecular flexibility index (Phi) is 7.68. The van der Waals surface area contributed by atoms with Gasteiger partial charge in [0.2, 0.25) is 5.91 Å². The predicted octanol–water partition coefficient (Wildman–Crippen LogP) is 2.40. The number of nitrogens with zero attached hydrogens (tertiary/aromatic N) is 2. The van der Waals surface area contributed by atoms with Crippen LogP contribution in [0.2, 0.25) is 0 Å². The van der Waals surface area contributed by atoms with Crippen LogP contribution < -0.4 is 20.5 Å². The first-order valence-electron chi connectivity index (χ1n) is 9.07. The van der Waals surface area contributed by atoms with Gasteiger partial charge in [-0.25, -0.2) is 4.99 Å². The fraction of sp³-hybridized carbons (Fsp3) is 0.333. The number of nitrogens with one attached hydrogen (secondary N) is 1. The van der Waals surface area contributed by atoms with Crippen LogP contribution >= 0.6 is 0 Å². The fourth-order valence-corrected chi connectivity index (χ4v) is 2.72. The summed E-state index contributed by atoms with van der Waals surface area (Å²) in [7, 11) is 5.25. The summed E-state index contributed by atoms with van der Waals surface area (Å²) in [5.41, 5.74) is 7.79. The second-order valence-corrected chi connectivity index (χ2v) is 6.27. The molecule has 2 rings (SSSR count). The molecule has 0 saturated carbocycles. The normalized spacial score (nSPS) is 11.1. The third-order valence-corrected chi connectivity index (χ3v) is 4.25. The Morgan fingerprint density at radius 3 is 2.43 bits per heavy atom. The Balaban J connectivity index is 2.13. The maximum Gasteiger partial charge on any atom is 0.248 e. The lowest BCUT2D eigenvalue weighted by molar-refractivity contribution is 0.100. The van der Waals surface area contributed by atoms with E-state index in [1.807, 2.05) is 49.2 Å². The molecule has 0 heterocycles. The minimum Gasteiger partial charge on any atom is -0.497 e. The number of hydrogen-bond acceptors (Lipinski definition) is 4. The molecule has 150 valence electrons. The monoisotopic (exact) mass is 384 g/mol. The molecular weight excluding hydrogens is 356 g/mol. The third-order valence-electron chi connectivity index (χ3n) is 4.25. The van der Waals surface area contributed by atoms with Crippen LogP contribution in [0.5, 0.6) is 11.5 Å². The van der Waals surface area contributed by atoms with E-state index in [0.29, 0.717) is 18.7 Å². The van der Waals surface area contributed by atoms with Crippen LogP contribution in [0.25, 0.3) is 0 Å². The number of carbonyl (C=O) groups is 1. The highest BCUT2D eigenvalue weighted by atomic mass is 16.5. The Labute approximate surface area is 166 Å². The van der Waals surface area contributed by atoms with Crippen molar-refractivity contribution in [1.82, 2.24) is 10.2 Å². The van der Waals surface area contributed by atoms with E-state index in [9.17, 15) is 4.79 Å². The van der Waals surface area contributed by atoms with Crippen LogP contribution in [-0.4, -0.2) is 44.6 Å².